The Labute approximate surface area is 97.7 Å². The third-order valence-electron chi connectivity index (χ3n) is 1.91. The van der Waals surface area contributed by atoms with Gasteiger partial charge in [0.25, 0.3) is 0 Å². The fourth-order valence-electron chi connectivity index (χ4n) is 1.20. The van der Waals surface area contributed by atoms with Crippen LogP contribution in [-0.2, 0) is 4.74 Å². The van der Waals surface area contributed by atoms with E-state index in [0.717, 1.165) is 10.0 Å². The van der Waals surface area contributed by atoms with Gasteiger partial charge in [-0.3, -0.25) is 0 Å². The fraction of sp³-hybridized carbons (Fsp3) is 0.364. The maximum atomic E-state index is 11.7. The molecule has 0 aliphatic heterocycles. The van der Waals surface area contributed by atoms with Crippen molar-refractivity contribution in [3.8, 4) is 0 Å². The highest BCUT2D eigenvalue weighted by Gasteiger charge is 2.14. The molecule has 0 fully saturated rings. The van der Waals surface area contributed by atoms with Gasteiger partial charge in [-0.1, -0.05) is 15.9 Å². The van der Waals surface area contributed by atoms with E-state index in [2.05, 4.69) is 15.9 Å². The molecular weight excluding hydrogens is 258 g/mol. The lowest BCUT2D eigenvalue weighted by Gasteiger charge is -2.11. The second-order valence-electron chi connectivity index (χ2n) is 3.64. The lowest BCUT2D eigenvalue weighted by molar-refractivity contribution is 0.0379. The Bertz CT molecular complexity index is 388. The summed E-state index contributed by atoms with van der Waals surface area (Å²) in [7, 11) is 0. The van der Waals surface area contributed by atoms with Crippen molar-refractivity contribution >= 4 is 27.6 Å². The van der Waals surface area contributed by atoms with Gasteiger partial charge >= 0.3 is 5.97 Å². The Kier molecular flexibility index (Phi) is 3.74. The standard InChI is InChI=1S/C11H14BrNO2/c1-6(2)15-11(14)9-5-8(12)4-7(3)10(9)13/h4-6H,13H2,1-3H3. The first-order valence-electron chi connectivity index (χ1n) is 4.68. The number of hydrogen-bond donors (Lipinski definition) is 1. The van der Waals surface area contributed by atoms with Crippen molar-refractivity contribution < 1.29 is 9.53 Å². The molecule has 0 heterocycles. The third kappa shape index (κ3) is 2.96. The first-order chi connectivity index (χ1) is 6.91. The van der Waals surface area contributed by atoms with Crippen LogP contribution in [0.2, 0.25) is 0 Å². The van der Waals surface area contributed by atoms with Gasteiger partial charge in [-0.15, -0.1) is 0 Å². The number of esters is 1. The summed E-state index contributed by atoms with van der Waals surface area (Å²) < 4.78 is 5.91. The lowest BCUT2D eigenvalue weighted by Crippen LogP contribution is -2.14. The number of benzene rings is 1. The van der Waals surface area contributed by atoms with Crippen molar-refractivity contribution in [2.45, 2.75) is 26.9 Å². The Morgan fingerprint density at radius 1 is 1.47 bits per heavy atom. The summed E-state index contributed by atoms with van der Waals surface area (Å²) in [5, 5.41) is 0. The largest absolute Gasteiger partial charge is 0.459 e. The normalized spacial score (nSPS) is 10.5. The van der Waals surface area contributed by atoms with E-state index in [0.29, 0.717) is 11.3 Å². The summed E-state index contributed by atoms with van der Waals surface area (Å²) in [6.07, 6.45) is -0.142. The predicted octanol–water partition coefficient (Wildman–Crippen LogP) is 2.90. The minimum absolute atomic E-state index is 0.142. The molecule has 0 atom stereocenters. The van der Waals surface area contributed by atoms with Crippen LogP contribution in [-0.4, -0.2) is 12.1 Å². The summed E-state index contributed by atoms with van der Waals surface area (Å²) in [5.74, 6) is -0.382. The lowest BCUT2D eigenvalue weighted by atomic mass is 10.1. The molecule has 1 rings (SSSR count). The predicted molar refractivity (Wildman–Crippen MR) is 63.8 cm³/mol. The van der Waals surface area contributed by atoms with E-state index in [4.69, 9.17) is 10.5 Å². The zero-order valence-corrected chi connectivity index (χ0v) is 10.6. The SMILES string of the molecule is Cc1cc(Br)cc(C(=O)OC(C)C)c1N. The molecule has 15 heavy (non-hydrogen) atoms. The molecule has 0 aromatic heterocycles. The summed E-state index contributed by atoms with van der Waals surface area (Å²) in [5.41, 5.74) is 7.56. The first kappa shape index (κ1) is 12.0. The number of halogens is 1. The number of carbonyl (C=O) groups excluding carboxylic acids is 1. The van der Waals surface area contributed by atoms with Gasteiger partial charge in [0.2, 0.25) is 0 Å². The van der Waals surface area contributed by atoms with Crippen molar-refractivity contribution in [2.75, 3.05) is 5.73 Å². The smallest absolute Gasteiger partial charge is 0.340 e. The van der Waals surface area contributed by atoms with Gasteiger partial charge < -0.3 is 10.5 Å². The molecule has 82 valence electrons. The van der Waals surface area contributed by atoms with E-state index in [9.17, 15) is 4.79 Å². The molecule has 1 aromatic carbocycles. The van der Waals surface area contributed by atoms with Gasteiger partial charge in [0.15, 0.2) is 0 Å². The summed E-state index contributed by atoms with van der Waals surface area (Å²) in [6, 6.07) is 3.54. The summed E-state index contributed by atoms with van der Waals surface area (Å²) in [4.78, 5) is 11.7. The zero-order valence-electron chi connectivity index (χ0n) is 9.00. The monoisotopic (exact) mass is 271 g/mol. The molecular formula is C11H14BrNO2. The van der Waals surface area contributed by atoms with Crippen molar-refractivity contribution in [3.05, 3.63) is 27.7 Å². The van der Waals surface area contributed by atoms with Crippen LogP contribution in [0.15, 0.2) is 16.6 Å². The van der Waals surface area contributed by atoms with Crippen LogP contribution in [0.3, 0.4) is 0 Å². The van der Waals surface area contributed by atoms with Crippen LogP contribution in [0.1, 0.15) is 29.8 Å². The van der Waals surface area contributed by atoms with Gasteiger partial charge in [-0.25, -0.2) is 4.79 Å². The number of ether oxygens (including phenoxy) is 1. The highest BCUT2D eigenvalue weighted by molar-refractivity contribution is 9.10. The molecule has 4 heteroatoms. The van der Waals surface area contributed by atoms with Crippen LogP contribution < -0.4 is 5.73 Å². The maximum Gasteiger partial charge on any atom is 0.340 e. The molecule has 0 aliphatic carbocycles. The molecule has 1 aromatic rings. The number of hydrogen-bond acceptors (Lipinski definition) is 3. The number of nitrogens with two attached hydrogens (primary N) is 1. The number of rotatable bonds is 2. The molecule has 0 saturated heterocycles. The second-order valence-corrected chi connectivity index (χ2v) is 4.55. The van der Waals surface area contributed by atoms with E-state index < -0.39 is 0 Å². The molecule has 2 N–H and O–H groups in total. The molecule has 0 spiro atoms. The van der Waals surface area contributed by atoms with E-state index in [1.54, 1.807) is 19.9 Å². The topological polar surface area (TPSA) is 52.3 Å². The van der Waals surface area contributed by atoms with Crippen LogP contribution >= 0.6 is 15.9 Å². The van der Waals surface area contributed by atoms with Crippen molar-refractivity contribution in [3.63, 3.8) is 0 Å². The Morgan fingerprint density at radius 3 is 2.60 bits per heavy atom. The molecule has 0 radical (unpaired) electrons. The van der Waals surface area contributed by atoms with Crippen molar-refractivity contribution in [2.24, 2.45) is 0 Å². The van der Waals surface area contributed by atoms with E-state index in [-0.39, 0.29) is 12.1 Å². The highest BCUT2D eigenvalue weighted by Crippen LogP contribution is 2.24. The minimum Gasteiger partial charge on any atom is -0.459 e. The van der Waals surface area contributed by atoms with Gasteiger partial charge in [-0.05, 0) is 38.5 Å². The van der Waals surface area contributed by atoms with Gasteiger partial charge in [0.1, 0.15) is 0 Å². The third-order valence-corrected chi connectivity index (χ3v) is 2.37. The van der Waals surface area contributed by atoms with E-state index in [1.165, 1.54) is 0 Å². The number of nitrogen functional groups attached to an aromatic ring is 1. The molecule has 0 aliphatic rings. The van der Waals surface area contributed by atoms with Crippen LogP contribution in [0.4, 0.5) is 5.69 Å². The van der Waals surface area contributed by atoms with E-state index in [1.807, 2.05) is 13.0 Å². The van der Waals surface area contributed by atoms with Gasteiger partial charge in [-0.2, -0.15) is 0 Å². The van der Waals surface area contributed by atoms with Crippen molar-refractivity contribution in [1.82, 2.24) is 0 Å². The Hall–Kier alpha value is -1.03. The van der Waals surface area contributed by atoms with Crippen LogP contribution in [0, 0.1) is 6.92 Å². The van der Waals surface area contributed by atoms with Crippen molar-refractivity contribution in [1.29, 1.82) is 0 Å². The van der Waals surface area contributed by atoms with E-state index >= 15 is 0 Å². The Morgan fingerprint density at radius 2 is 2.07 bits per heavy atom. The van der Waals surface area contributed by atoms with Crippen LogP contribution in [0.5, 0.6) is 0 Å². The summed E-state index contributed by atoms with van der Waals surface area (Å²) in [6.45, 7) is 5.46. The quantitative estimate of drug-likeness (QED) is 0.665. The fourth-order valence-corrected chi connectivity index (χ4v) is 1.77. The average Bonchev–Trinajstić information content (AvgIpc) is 2.09. The Balaban J connectivity index is 3.08. The number of aryl methyl sites for hydroxylation is 1. The molecule has 0 saturated carbocycles. The molecule has 0 amide bonds. The molecule has 3 nitrogen and oxygen atoms in total. The second kappa shape index (κ2) is 4.66. The number of anilines is 1. The highest BCUT2D eigenvalue weighted by atomic mass is 79.9. The first-order valence-corrected chi connectivity index (χ1v) is 5.47. The maximum absolute atomic E-state index is 11.7. The van der Waals surface area contributed by atoms with Crippen LogP contribution in [0.25, 0.3) is 0 Å². The van der Waals surface area contributed by atoms with Gasteiger partial charge in [0.05, 0.1) is 11.7 Å². The zero-order chi connectivity index (χ0) is 11.6. The van der Waals surface area contributed by atoms with Gasteiger partial charge in [0, 0.05) is 10.2 Å². The summed E-state index contributed by atoms with van der Waals surface area (Å²) >= 11 is 3.32. The minimum atomic E-state index is -0.382. The average molecular weight is 272 g/mol. The molecule has 0 bridgehead atoms. The molecule has 0 unspecified atom stereocenters. The number of carbonyl (C=O) groups is 1.